The number of nitrogens with one attached hydrogen (secondary N) is 2. The van der Waals surface area contributed by atoms with E-state index in [1.807, 2.05) is 25.9 Å². The Bertz CT molecular complexity index is 308. The van der Waals surface area contributed by atoms with E-state index in [-0.39, 0.29) is 5.91 Å². The van der Waals surface area contributed by atoms with E-state index in [4.69, 9.17) is 5.26 Å². The Balaban J connectivity index is 2.35. The first-order chi connectivity index (χ1) is 8.01. The van der Waals surface area contributed by atoms with Crippen molar-refractivity contribution in [2.45, 2.75) is 25.3 Å². The van der Waals surface area contributed by atoms with E-state index in [0.717, 1.165) is 25.9 Å². The van der Waals surface area contributed by atoms with Crippen LogP contribution in [0.25, 0.3) is 0 Å². The van der Waals surface area contributed by atoms with Gasteiger partial charge in [-0.1, -0.05) is 0 Å². The molecule has 1 rings (SSSR count). The Morgan fingerprint density at radius 1 is 1.59 bits per heavy atom. The third-order valence-corrected chi connectivity index (χ3v) is 3.18. The molecule has 0 heterocycles. The molecule has 0 aromatic heterocycles. The minimum Gasteiger partial charge on any atom is -0.337 e. The highest BCUT2D eigenvalue weighted by Crippen LogP contribution is 2.39. The summed E-state index contributed by atoms with van der Waals surface area (Å²) in [4.78, 5) is 13.7. The number of hydrogen-bond acceptors (Lipinski definition) is 4. The van der Waals surface area contributed by atoms with Crippen molar-refractivity contribution in [2.24, 2.45) is 5.92 Å². The maximum atomic E-state index is 11.8. The van der Waals surface area contributed by atoms with Crippen LogP contribution in [0.3, 0.4) is 0 Å². The molecule has 1 unspecified atom stereocenters. The fraction of sp³-hybridized carbons (Fsp3) is 0.833. The van der Waals surface area contributed by atoms with E-state index in [2.05, 4.69) is 16.7 Å². The van der Waals surface area contributed by atoms with Crippen LogP contribution in [0.4, 0.5) is 0 Å². The van der Waals surface area contributed by atoms with Crippen LogP contribution < -0.4 is 10.6 Å². The summed E-state index contributed by atoms with van der Waals surface area (Å²) < 4.78 is 0. The quantitative estimate of drug-likeness (QED) is 0.652. The standard InChI is InChI=1S/C12H22N4O/c1-12(9-13,10-4-5-10)15-11(17)8-16(3)7-6-14-2/h10,14H,4-8H2,1-3H3,(H,15,17). The van der Waals surface area contributed by atoms with Gasteiger partial charge in [-0.05, 0) is 39.8 Å². The number of nitriles is 1. The Hall–Kier alpha value is -1.12. The van der Waals surface area contributed by atoms with E-state index < -0.39 is 5.54 Å². The molecule has 5 heteroatoms. The average Bonchev–Trinajstić information content (AvgIpc) is 3.09. The van der Waals surface area contributed by atoms with Gasteiger partial charge in [-0.2, -0.15) is 5.26 Å². The molecule has 2 N–H and O–H groups in total. The first kappa shape index (κ1) is 13.9. The topological polar surface area (TPSA) is 68.2 Å². The van der Waals surface area contributed by atoms with Gasteiger partial charge in [0.25, 0.3) is 0 Å². The van der Waals surface area contributed by atoms with Gasteiger partial charge >= 0.3 is 0 Å². The molecule has 0 bridgehead atoms. The SMILES string of the molecule is CNCCN(C)CC(=O)NC(C)(C#N)C1CC1. The minimum atomic E-state index is -0.680. The van der Waals surface area contributed by atoms with Crippen molar-refractivity contribution in [3.63, 3.8) is 0 Å². The van der Waals surface area contributed by atoms with Crippen molar-refractivity contribution >= 4 is 5.91 Å². The molecule has 0 spiro atoms. The molecule has 17 heavy (non-hydrogen) atoms. The van der Waals surface area contributed by atoms with Crippen LogP contribution in [0.2, 0.25) is 0 Å². The van der Waals surface area contributed by atoms with Crippen molar-refractivity contribution in [2.75, 3.05) is 33.7 Å². The summed E-state index contributed by atoms with van der Waals surface area (Å²) in [5, 5.41) is 15.0. The molecule has 0 aliphatic heterocycles. The normalized spacial score (nSPS) is 18.5. The number of likely N-dealkylation sites (N-methyl/N-ethyl adjacent to an activating group) is 2. The van der Waals surface area contributed by atoms with Crippen molar-refractivity contribution < 1.29 is 4.79 Å². The van der Waals surface area contributed by atoms with Gasteiger partial charge < -0.3 is 10.6 Å². The van der Waals surface area contributed by atoms with E-state index in [1.165, 1.54) is 0 Å². The van der Waals surface area contributed by atoms with Gasteiger partial charge in [0.2, 0.25) is 5.91 Å². The third kappa shape index (κ3) is 4.33. The highest BCUT2D eigenvalue weighted by molar-refractivity contribution is 5.79. The zero-order chi connectivity index (χ0) is 12.9. The first-order valence-electron chi connectivity index (χ1n) is 6.07. The monoisotopic (exact) mass is 238 g/mol. The number of hydrogen-bond donors (Lipinski definition) is 2. The average molecular weight is 238 g/mol. The smallest absolute Gasteiger partial charge is 0.235 e. The molecule has 1 fully saturated rings. The summed E-state index contributed by atoms with van der Waals surface area (Å²) >= 11 is 0. The number of amides is 1. The minimum absolute atomic E-state index is 0.0699. The van der Waals surface area contributed by atoms with Crippen molar-refractivity contribution in [1.82, 2.24) is 15.5 Å². The zero-order valence-electron chi connectivity index (χ0n) is 10.9. The Labute approximate surface area is 103 Å². The van der Waals surface area contributed by atoms with Gasteiger partial charge in [-0.15, -0.1) is 0 Å². The van der Waals surface area contributed by atoms with Gasteiger partial charge in [0, 0.05) is 13.1 Å². The van der Waals surface area contributed by atoms with E-state index >= 15 is 0 Å². The van der Waals surface area contributed by atoms with Crippen LogP contribution in [0.1, 0.15) is 19.8 Å². The summed E-state index contributed by atoms with van der Waals surface area (Å²) in [7, 11) is 3.78. The maximum absolute atomic E-state index is 11.8. The number of nitrogens with zero attached hydrogens (tertiary/aromatic N) is 2. The molecule has 1 saturated carbocycles. The zero-order valence-corrected chi connectivity index (χ0v) is 10.9. The lowest BCUT2D eigenvalue weighted by Crippen LogP contribution is -2.50. The van der Waals surface area contributed by atoms with Crippen LogP contribution in [0.5, 0.6) is 0 Å². The molecule has 96 valence electrons. The van der Waals surface area contributed by atoms with Gasteiger partial charge in [-0.25, -0.2) is 0 Å². The van der Waals surface area contributed by atoms with Crippen LogP contribution in [0, 0.1) is 17.2 Å². The summed E-state index contributed by atoms with van der Waals surface area (Å²) in [6.45, 7) is 3.82. The lowest BCUT2D eigenvalue weighted by Gasteiger charge is -2.24. The fourth-order valence-corrected chi connectivity index (χ4v) is 1.84. The van der Waals surface area contributed by atoms with Crippen LogP contribution in [-0.4, -0.2) is 50.1 Å². The molecule has 0 aromatic rings. The lowest BCUT2D eigenvalue weighted by atomic mass is 9.98. The van der Waals surface area contributed by atoms with Crippen LogP contribution in [-0.2, 0) is 4.79 Å². The molecule has 0 saturated heterocycles. The highest BCUT2D eigenvalue weighted by Gasteiger charge is 2.42. The lowest BCUT2D eigenvalue weighted by molar-refractivity contribution is -0.123. The molecule has 1 aliphatic carbocycles. The number of rotatable bonds is 7. The third-order valence-electron chi connectivity index (χ3n) is 3.18. The van der Waals surface area contributed by atoms with E-state index in [9.17, 15) is 4.79 Å². The summed E-state index contributed by atoms with van der Waals surface area (Å²) in [5.41, 5.74) is -0.680. The molecular weight excluding hydrogens is 216 g/mol. The van der Waals surface area contributed by atoms with Crippen LogP contribution in [0.15, 0.2) is 0 Å². The second-order valence-electron chi connectivity index (χ2n) is 4.98. The predicted molar refractivity (Wildman–Crippen MR) is 66.3 cm³/mol. The Kier molecular flexibility index (Phi) is 4.91. The van der Waals surface area contributed by atoms with Gasteiger partial charge in [0.1, 0.15) is 5.54 Å². The predicted octanol–water partition coefficient (Wildman–Crippen LogP) is -0.0539. The summed E-state index contributed by atoms with van der Waals surface area (Å²) in [6.07, 6.45) is 2.08. The van der Waals surface area contributed by atoms with Gasteiger partial charge in [0.05, 0.1) is 12.6 Å². The fourth-order valence-electron chi connectivity index (χ4n) is 1.84. The summed E-state index contributed by atoms with van der Waals surface area (Å²) in [5.74, 6) is 0.263. The number of carbonyl (C=O) groups is 1. The van der Waals surface area contributed by atoms with Crippen LogP contribution >= 0.6 is 0 Å². The Morgan fingerprint density at radius 3 is 2.71 bits per heavy atom. The molecule has 0 aromatic carbocycles. The first-order valence-corrected chi connectivity index (χ1v) is 6.07. The molecular formula is C12H22N4O. The number of carbonyl (C=O) groups excluding carboxylic acids is 1. The molecule has 0 radical (unpaired) electrons. The van der Waals surface area contributed by atoms with Crippen molar-refractivity contribution in [3.05, 3.63) is 0 Å². The van der Waals surface area contributed by atoms with E-state index in [0.29, 0.717) is 12.5 Å². The molecule has 1 atom stereocenters. The summed E-state index contributed by atoms with van der Waals surface area (Å²) in [6, 6.07) is 2.22. The molecule has 1 amide bonds. The molecule has 1 aliphatic rings. The van der Waals surface area contributed by atoms with Crippen molar-refractivity contribution in [3.8, 4) is 6.07 Å². The maximum Gasteiger partial charge on any atom is 0.235 e. The highest BCUT2D eigenvalue weighted by atomic mass is 16.2. The largest absolute Gasteiger partial charge is 0.337 e. The Morgan fingerprint density at radius 2 is 2.24 bits per heavy atom. The van der Waals surface area contributed by atoms with Gasteiger partial charge in [0.15, 0.2) is 0 Å². The second kappa shape index (κ2) is 5.99. The van der Waals surface area contributed by atoms with E-state index in [1.54, 1.807) is 0 Å². The van der Waals surface area contributed by atoms with Crippen molar-refractivity contribution in [1.29, 1.82) is 5.26 Å². The van der Waals surface area contributed by atoms with Gasteiger partial charge in [-0.3, -0.25) is 9.69 Å². The molecule has 5 nitrogen and oxygen atoms in total. The second-order valence-corrected chi connectivity index (χ2v) is 4.98.